The van der Waals surface area contributed by atoms with Gasteiger partial charge in [0.15, 0.2) is 0 Å². The molecule has 0 spiro atoms. The smallest absolute Gasteiger partial charge is 0.0562 e. The van der Waals surface area contributed by atoms with Gasteiger partial charge in [-0.3, -0.25) is 0 Å². The molecule has 0 saturated heterocycles. The largest absolute Gasteiger partial charge is 0.320 e. The van der Waals surface area contributed by atoms with Gasteiger partial charge in [-0.25, -0.2) is 0 Å². The average Bonchev–Trinajstić information content (AvgIpc) is 2.29. The molecule has 0 aliphatic carbocycles. The molecule has 1 atom stereocenters. The van der Waals surface area contributed by atoms with Crippen molar-refractivity contribution in [3.05, 3.63) is 68.3 Å². The second-order valence-electron chi connectivity index (χ2n) is 3.55. The van der Waals surface area contributed by atoms with Crippen molar-refractivity contribution in [2.75, 3.05) is 0 Å². The maximum atomic E-state index is 6.22. The van der Waals surface area contributed by atoms with Gasteiger partial charge in [0.05, 0.1) is 6.04 Å². The molecule has 1 unspecified atom stereocenters. The van der Waals surface area contributed by atoms with Crippen LogP contribution < -0.4 is 5.73 Å². The second-order valence-corrected chi connectivity index (χ2v) is 5.15. The molecule has 0 aromatic heterocycles. The Balaban J connectivity index is 2.39. The van der Waals surface area contributed by atoms with Crippen LogP contribution in [0.2, 0.25) is 5.02 Å². The third-order valence-electron chi connectivity index (χ3n) is 2.45. The Morgan fingerprint density at radius 3 is 2.50 bits per heavy atom. The van der Waals surface area contributed by atoms with Crippen LogP contribution in [-0.4, -0.2) is 0 Å². The third kappa shape index (κ3) is 2.56. The molecule has 0 bridgehead atoms. The Kier molecular flexibility index (Phi) is 3.84. The topological polar surface area (TPSA) is 26.0 Å². The molecule has 0 aliphatic heterocycles. The molecule has 0 saturated carbocycles. The zero-order valence-electron chi connectivity index (χ0n) is 8.53. The van der Waals surface area contributed by atoms with Crippen molar-refractivity contribution in [3.8, 4) is 0 Å². The fraction of sp³-hybridized carbons (Fsp3) is 0.0769. The molecule has 1 nitrogen and oxygen atoms in total. The standard InChI is InChI=1S/C13H11ClIN/c14-10-5-3-4-9(8-10)13(16)11-6-1-2-7-12(11)15/h1-8,13H,16H2. The van der Waals surface area contributed by atoms with Crippen LogP contribution in [0.5, 0.6) is 0 Å². The van der Waals surface area contributed by atoms with Gasteiger partial charge < -0.3 is 5.73 Å². The Hall–Kier alpha value is -0.580. The summed E-state index contributed by atoms with van der Waals surface area (Å²) in [6.45, 7) is 0. The number of hydrogen-bond donors (Lipinski definition) is 1. The van der Waals surface area contributed by atoms with E-state index < -0.39 is 0 Å². The zero-order chi connectivity index (χ0) is 11.5. The predicted octanol–water partition coefficient (Wildman–Crippen LogP) is 3.99. The summed E-state index contributed by atoms with van der Waals surface area (Å²) in [5, 5.41) is 0.721. The summed E-state index contributed by atoms with van der Waals surface area (Å²) in [5.41, 5.74) is 8.39. The Morgan fingerprint density at radius 2 is 1.81 bits per heavy atom. The first-order chi connectivity index (χ1) is 7.68. The second kappa shape index (κ2) is 5.17. The van der Waals surface area contributed by atoms with Gasteiger partial charge in [-0.1, -0.05) is 41.9 Å². The zero-order valence-corrected chi connectivity index (χ0v) is 11.4. The van der Waals surface area contributed by atoms with Crippen LogP contribution >= 0.6 is 34.2 Å². The van der Waals surface area contributed by atoms with Crippen molar-refractivity contribution in [1.82, 2.24) is 0 Å². The lowest BCUT2D eigenvalue weighted by atomic mass is 10.00. The fourth-order valence-electron chi connectivity index (χ4n) is 1.61. The Labute approximate surface area is 114 Å². The van der Waals surface area contributed by atoms with Gasteiger partial charge in [0.25, 0.3) is 0 Å². The summed E-state index contributed by atoms with van der Waals surface area (Å²) in [5.74, 6) is 0. The summed E-state index contributed by atoms with van der Waals surface area (Å²) in [6, 6.07) is 15.7. The van der Waals surface area contributed by atoms with Gasteiger partial charge in [-0.05, 0) is 51.9 Å². The first kappa shape index (κ1) is 11.9. The van der Waals surface area contributed by atoms with Gasteiger partial charge in [-0.15, -0.1) is 0 Å². The number of rotatable bonds is 2. The molecule has 16 heavy (non-hydrogen) atoms. The van der Waals surface area contributed by atoms with Gasteiger partial charge >= 0.3 is 0 Å². The summed E-state index contributed by atoms with van der Waals surface area (Å²) in [6.07, 6.45) is 0. The minimum absolute atomic E-state index is 0.119. The molecule has 0 radical (unpaired) electrons. The highest BCUT2D eigenvalue weighted by atomic mass is 127. The van der Waals surface area contributed by atoms with Crippen molar-refractivity contribution in [2.24, 2.45) is 5.73 Å². The SMILES string of the molecule is NC(c1cccc(Cl)c1)c1ccccc1I. The molecule has 2 aromatic rings. The number of benzene rings is 2. The third-order valence-corrected chi connectivity index (χ3v) is 3.67. The number of nitrogens with two attached hydrogens (primary N) is 1. The van der Waals surface area contributed by atoms with Gasteiger partial charge in [0.2, 0.25) is 0 Å². The maximum absolute atomic E-state index is 6.22. The molecule has 0 amide bonds. The van der Waals surface area contributed by atoms with Crippen LogP contribution in [0.1, 0.15) is 17.2 Å². The Morgan fingerprint density at radius 1 is 1.06 bits per heavy atom. The van der Waals surface area contributed by atoms with E-state index in [0.29, 0.717) is 0 Å². The lowest BCUT2D eigenvalue weighted by Gasteiger charge is -2.14. The molecule has 2 N–H and O–H groups in total. The summed E-state index contributed by atoms with van der Waals surface area (Å²) < 4.78 is 1.17. The summed E-state index contributed by atoms with van der Waals surface area (Å²) in [7, 11) is 0. The molecule has 2 rings (SSSR count). The average molecular weight is 344 g/mol. The normalized spacial score (nSPS) is 12.4. The van der Waals surface area contributed by atoms with Crippen molar-refractivity contribution in [2.45, 2.75) is 6.04 Å². The van der Waals surface area contributed by atoms with E-state index in [1.54, 1.807) is 0 Å². The van der Waals surface area contributed by atoms with E-state index in [2.05, 4.69) is 28.7 Å². The molecule has 82 valence electrons. The van der Waals surface area contributed by atoms with Crippen LogP contribution in [0.15, 0.2) is 48.5 Å². The molecular formula is C13H11ClIN. The van der Waals surface area contributed by atoms with Crippen LogP contribution in [0, 0.1) is 3.57 Å². The maximum Gasteiger partial charge on any atom is 0.0562 e. The predicted molar refractivity (Wildman–Crippen MR) is 76.6 cm³/mol. The molecular weight excluding hydrogens is 333 g/mol. The van der Waals surface area contributed by atoms with Gasteiger partial charge in [0, 0.05) is 8.59 Å². The summed E-state index contributed by atoms with van der Waals surface area (Å²) >= 11 is 8.26. The molecule has 0 aliphatic rings. The lowest BCUT2D eigenvalue weighted by molar-refractivity contribution is 0.865. The molecule has 2 aromatic carbocycles. The summed E-state index contributed by atoms with van der Waals surface area (Å²) in [4.78, 5) is 0. The Bertz CT molecular complexity index is 499. The number of halogens is 2. The van der Waals surface area contributed by atoms with Crippen molar-refractivity contribution in [1.29, 1.82) is 0 Å². The first-order valence-electron chi connectivity index (χ1n) is 4.94. The van der Waals surface area contributed by atoms with Gasteiger partial charge in [-0.2, -0.15) is 0 Å². The highest BCUT2D eigenvalue weighted by Crippen LogP contribution is 2.25. The molecule has 0 heterocycles. The minimum atomic E-state index is -0.119. The molecule has 3 heteroatoms. The first-order valence-corrected chi connectivity index (χ1v) is 6.39. The monoisotopic (exact) mass is 343 g/mol. The van der Waals surface area contributed by atoms with Crippen LogP contribution in [0.25, 0.3) is 0 Å². The van der Waals surface area contributed by atoms with E-state index in [0.717, 1.165) is 16.1 Å². The van der Waals surface area contributed by atoms with Crippen LogP contribution in [0.4, 0.5) is 0 Å². The van der Waals surface area contributed by atoms with Crippen molar-refractivity contribution < 1.29 is 0 Å². The molecule has 0 fully saturated rings. The quantitative estimate of drug-likeness (QED) is 0.820. The highest BCUT2D eigenvalue weighted by Gasteiger charge is 2.11. The number of hydrogen-bond acceptors (Lipinski definition) is 1. The highest BCUT2D eigenvalue weighted by molar-refractivity contribution is 14.1. The van der Waals surface area contributed by atoms with E-state index >= 15 is 0 Å². The van der Waals surface area contributed by atoms with E-state index in [1.165, 1.54) is 3.57 Å². The van der Waals surface area contributed by atoms with E-state index in [-0.39, 0.29) is 6.04 Å². The van der Waals surface area contributed by atoms with E-state index in [1.807, 2.05) is 42.5 Å². The van der Waals surface area contributed by atoms with Crippen LogP contribution in [0.3, 0.4) is 0 Å². The minimum Gasteiger partial charge on any atom is -0.320 e. The lowest BCUT2D eigenvalue weighted by Crippen LogP contribution is -2.13. The fourth-order valence-corrected chi connectivity index (χ4v) is 2.53. The van der Waals surface area contributed by atoms with Crippen molar-refractivity contribution >= 4 is 34.2 Å². The van der Waals surface area contributed by atoms with Crippen molar-refractivity contribution in [3.63, 3.8) is 0 Å². The van der Waals surface area contributed by atoms with Gasteiger partial charge in [0.1, 0.15) is 0 Å². The van der Waals surface area contributed by atoms with Crippen LogP contribution in [-0.2, 0) is 0 Å². The van der Waals surface area contributed by atoms with E-state index in [4.69, 9.17) is 17.3 Å². The van der Waals surface area contributed by atoms with E-state index in [9.17, 15) is 0 Å².